The normalized spacial score (nSPS) is 23.9. The molecule has 0 spiro atoms. The van der Waals surface area contributed by atoms with Crippen LogP contribution in [0.15, 0.2) is 0 Å². The van der Waals surface area contributed by atoms with Gasteiger partial charge in [0.05, 0.1) is 0 Å². The standard InChI is InChI=1S/C12H22N2O2.C2H2O4/c1-12(2,3)16-11(15)14-5-4-9-6-13-7-10(9)8-14;3-1(4)2(5)6/h9-10,13H,4-8H2,1-3H3;(H,3,4)(H,5,6). The molecule has 1 amide bonds. The summed E-state index contributed by atoms with van der Waals surface area (Å²) in [5.74, 6) is -2.26. The van der Waals surface area contributed by atoms with Gasteiger partial charge in [0, 0.05) is 13.1 Å². The number of piperidine rings is 1. The molecule has 0 bridgehead atoms. The van der Waals surface area contributed by atoms with Gasteiger partial charge in [-0.3, -0.25) is 0 Å². The molecule has 2 rings (SSSR count). The predicted molar refractivity (Wildman–Crippen MR) is 77.5 cm³/mol. The lowest BCUT2D eigenvalue weighted by Gasteiger charge is -2.35. The molecule has 2 unspecified atom stereocenters. The van der Waals surface area contributed by atoms with Gasteiger partial charge in [0.25, 0.3) is 0 Å². The molecular weight excluding hydrogens is 292 g/mol. The van der Waals surface area contributed by atoms with E-state index in [9.17, 15) is 4.79 Å². The van der Waals surface area contributed by atoms with E-state index in [1.54, 1.807) is 0 Å². The number of fused-ring (bicyclic) bond motifs is 1. The number of carbonyl (C=O) groups is 3. The third-order valence-electron chi connectivity index (χ3n) is 3.54. The number of carbonyl (C=O) groups excluding carboxylic acids is 1. The lowest BCUT2D eigenvalue weighted by Crippen LogP contribution is -2.45. The first-order chi connectivity index (χ1) is 10.1. The number of aliphatic carboxylic acids is 2. The molecular formula is C14H24N2O6. The first-order valence-electron chi connectivity index (χ1n) is 7.25. The van der Waals surface area contributed by atoms with Gasteiger partial charge in [-0.1, -0.05) is 0 Å². The van der Waals surface area contributed by atoms with Crippen LogP contribution in [0.5, 0.6) is 0 Å². The smallest absolute Gasteiger partial charge is 0.414 e. The summed E-state index contributed by atoms with van der Waals surface area (Å²) in [5, 5.41) is 18.2. The van der Waals surface area contributed by atoms with Gasteiger partial charge >= 0.3 is 18.0 Å². The van der Waals surface area contributed by atoms with Gasteiger partial charge in [-0.2, -0.15) is 0 Å². The Kier molecular flexibility index (Phi) is 6.16. The molecule has 3 N–H and O–H groups in total. The number of ether oxygens (including phenoxy) is 1. The first kappa shape index (κ1) is 18.2. The lowest BCUT2D eigenvalue weighted by molar-refractivity contribution is -0.159. The Balaban J connectivity index is 0.000000346. The molecule has 2 fully saturated rings. The molecule has 0 radical (unpaired) electrons. The second-order valence-corrected chi connectivity index (χ2v) is 6.50. The van der Waals surface area contributed by atoms with Gasteiger partial charge < -0.3 is 25.2 Å². The van der Waals surface area contributed by atoms with Gasteiger partial charge in [0.1, 0.15) is 5.60 Å². The molecule has 22 heavy (non-hydrogen) atoms. The highest BCUT2D eigenvalue weighted by molar-refractivity contribution is 6.27. The van der Waals surface area contributed by atoms with Crippen molar-refractivity contribution in [2.45, 2.75) is 32.8 Å². The minimum absolute atomic E-state index is 0.155. The van der Waals surface area contributed by atoms with Crippen LogP contribution in [0.2, 0.25) is 0 Å². The van der Waals surface area contributed by atoms with E-state index in [-0.39, 0.29) is 11.7 Å². The highest BCUT2D eigenvalue weighted by Gasteiger charge is 2.35. The minimum atomic E-state index is -1.82. The van der Waals surface area contributed by atoms with E-state index in [0.29, 0.717) is 5.92 Å². The molecule has 0 aromatic rings. The number of hydrogen-bond donors (Lipinski definition) is 3. The lowest BCUT2D eigenvalue weighted by atomic mass is 9.89. The molecule has 126 valence electrons. The summed E-state index contributed by atoms with van der Waals surface area (Å²) in [5.41, 5.74) is -0.387. The van der Waals surface area contributed by atoms with Crippen molar-refractivity contribution in [2.24, 2.45) is 11.8 Å². The molecule has 2 saturated heterocycles. The summed E-state index contributed by atoms with van der Waals surface area (Å²) in [6, 6.07) is 0. The van der Waals surface area contributed by atoms with Crippen LogP contribution >= 0.6 is 0 Å². The van der Waals surface area contributed by atoms with Gasteiger partial charge in [0.2, 0.25) is 0 Å². The number of nitrogens with zero attached hydrogens (tertiary/aromatic N) is 1. The minimum Gasteiger partial charge on any atom is -0.473 e. The molecule has 0 aromatic heterocycles. The van der Waals surface area contributed by atoms with Gasteiger partial charge in [0.15, 0.2) is 0 Å². The van der Waals surface area contributed by atoms with Crippen LogP contribution in [-0.2, 0) is 14.3 Å². The highest BCUT2D eigenvalue weighted by atomic mass is 16.6. The van der Waals surface area contributed by atoms with E-state index in [4.69, 9.17) is 24.5 Å². The zero-order chi connectivity index (χ0) is 16.9. The molecule has 2 heterocycles. The van der Waals surface area contributed by atoms with E-state index < -0.39 is 11.9 Å². The van der Waals surface area contributed by atoms with Crippen molar-refractivity contribution >= 4 is 18.0 Å². The average Bonchev–Trinajstić information content (AvgIpc) is 2.84. The SMILES string of the molecule is CC(C)(C)OC(=O)N1CCC2CNCC2C1.O=C(O)C(=O)O. The van der Waals surface area contributed by atoms with Crippen molar-refractivity contribution < 1.29 is 29.3 Å². The van der Waals surface area contributed by atoms with Crippen molar-refractivity contribution in [1.82, 2.24) is 10.2 Å². The highest BCUT2D eigenvalue weighted by Crippen LogP contribution is 2.27. The number of amides is 1. The predicted octanol–water partition coefficient (Wildman–Crippen LogP) is 0.618. The van der Waals surface area contributed by atoms with Crippen LogP contribution in [-0.4, -0.2) is 64.9 Å². The molecule has 0 saturated carbocycles. The van der Waals surface area contributed by atoms with Crippen LogP contribution in [0.3, 0.4) is 0 Å². The summed E-state index contributed by atoms with van der Waals surface area (Å²) in [7, 11) is 0. The molecule has 8 nitrogen and oxygen atoms in total. The van der Waals surface area contributed by atoms with Crippen LogP contribution in [0.25, 0.3) is 0 Å². The van der Waals surface area contributed by atoms with E-state index >= 15 is 0 Å². The molecule has 0 aromatic carbocycles. The third-order valence-corrected chi connectivity index (χ3v) is 3.54. The third kappa shape index (κ3) is 5.88. The molecule has 0 aliphatic carbocycles. The maximum Gasteiger partial charge on any atom is 0.414 e. The Morgan fingerprint density at radius 3 is 2.14 bits per heavy atom. The van der Waals surface area contributed by atoms with Crippen LogP contribution in [0.1, 0.15) is 27.2 Å². The summed E-state index contributed by atoms with van der Waals surface area (Å²) >= 11 is 0. The molecule has 8 heteroatoms. The number of rotatable bonds is 0. The van der Waals surface area contributed by atoms with Crippen molar-refractivity contribution in [3.8, 4) is 0 Å². The molecule has 2 aliphatic heterocycles. The maximum absolute atomic E-state index is 11.9. The Morgan fingerprint density at radius 1 is 1.09 bits per heavy atom. The van der Waals surface area contributed by atoms with E-state index in [0.717, 1.165) is 38.5 Å². The summed E-state index contributed by atoms with van der Waals surface area (Å²) in [4.78, 5) is 31.9. The second-order valence-electron chi connectivity index (χ2n) is 6.50. The number of hydrogen-bond acceptors (Lipinski definition) is 5. The first-order valence-corrected chi connectivity index (χ1v) is 7.25. The summed E-state index contributed by atoms with van der Waals surface area (Å²) < 4.78 is 5.39. The zero-order valence-electron chi connectivity index (χ0n) is 13.2. The monoisotopic (exact) mass is 316 g/mol. The molecule has 2 aliphatic rings. The van der Waals surface area contributed by atoms with Gasteiger partial charge in [-0.15, -0.1) is 0 Å². The number of carboxylic acid groups (broad SMARTS) is 2. The van der Waals surface area contributed by atoms with Crippen LogP contribution in [0, 0.1) is 11.8 Å². The molecule has 2 atom stereocenters. The quantitative estimate of drug-likeness (QED) is 0.561. The topological polar surface area (TPSA) is 116 Å². The van der Waals surface area contributed by atoms with Crippen molar-refractivity contribution in [3.63, 3.8) is 0 Å². The van der Waals surface area contributed by atoms with Crippen molar-refractivity contribution in [3.05, 3.63) is 0 Å². The van der Waals surface area contributed by atoms with Crippen molar-refractivity contribution in [2.75, 3.05) is 26.2 Å². The Bertz CT molecular complexity index is 420. The second kappa shape index (κ2) is 7.44. The Morgan fingerprint density at radius 2 is 1.64 bits per heavy atom. The fraction of sp³-hybridized carbons (Fsp3) is 0.786. The fourth-order valence-corrected chi connectivity index (χ4v) is 2.53. The zero-order valence-corrected chi connectivity index (χ0v) is 13.2. The maximum atomic E-state index is 11.9. The summed E-state index contributed by atoms with van der Waals surface area (Å²) in [6.07, 6.45) is 0.953. The summed E-state index contributed by atoms with van der Waals surface area (Å²) in [6.45, 7) is 9.60. The Labute approximate surface area is 129 Å². The van der Waals surface area contributed by atoms with Gasteiger partial charge in [-0.25, -0.2) is 14.4 Å². The van der Waals surface area contributed by atoms with Gasteiger partial charge in [-0.05, 0) is 52.1 Å². The number of carboxylic acids is 2. The average molecular weight is 316 g/mol. The van der Waals surface area contributed by atoms with E-state index in [1.165, 1.54) is 0 Å². The number of likely N-dealkylation sites (tertiary alicyclic amines) is 1. The largest absolute Gasteiger partial charge is 0.473 e. The van der Waals surface area contributed by atoms with E-state index in [1.807, 2.05) is 25.7 Å². The number of nitrogens with one attached hydrogen (secondary N) is 1. The fourth-order valence-electron chi connectivity index (χ4n) is 2.53. The van der Waals surface area contributed by atoms with Crippen LogP contribution < -0.4 is 5.32 Å². The van der Waals surface area contributed by atoms with E-state index in [2.05, 4.69) is 5.32 Å². The Hall–Kier alpha value is -1.83. The van der Waals surface area contributed by atoms with Crippen molar-refractivity contribution in [1.29, 1.82) is 0 Å². The van der Waals surface area contributed by atoms with Crippen LogP contribution in [0.4, 0.5) is 4.79 Å².